The molecule has 0 aliphatic heterocycles. The third-order valence-electron chi connectivity index (χ3n) is 3.21. The summed E-state index contributed by atoms with van der Waals surface area (Å²) in [6, 6.07) is 11.4. The van der Waals surface area contributed by atoms with Crippen molar-refractivity contribution in [2.45, 2.75) is 18.7 Å². The van der Waals surface area contributed by atoms with E-state index < -0.39 is 15.7 Å². The van der Waals surface area contributed by atoms with Gasteiger partial charge in [0.05, 0.1) is 10.5 Å². The van der Waals surface area contributed by atoms with E-state index >= 15 is 0 Å². The molecule has 0 aromatic heterocycles. The number of amides is 1. The van der Waals surface area contributed by atoms with Crippen molar-refractivity contribution in [2.75, 3.05) is 6.26 Å². The summed E-state index contributed by atoms with van der Waals surface area (Å²) in [5.41, 5.74) is 8.19. The Morgan fingerprint density at radius 2 is 1.76 bits per heavy atom. The van der Waals surface area contributed by atoms with Crippen molar-refractivity contribution in [2.24, 2.45) is 5.73 Å². The minimum absolute atomic E-state index is 0.178. The highest BCUT2D eigenvalue weighted by atomic mass is 32.2. The Kier molecular flexibility index (Phi) is 3.87. The van der Waals surface area contributed by atoms with Gasteiger partial charge in [0.2, 0.25) is 5.91 Å². The molecular weight excluding hydrogens is 286 g/mol. The smallest absolute Gasteiger partial charge is 0.249 e. The van der Waals surface area contributed by atoms with E-state index in [0.717, 1.165) is 11.8 Å². The average Bonchev–Trinajstić information content (AvgIpc) is 2.36. The van der Waals surface area contributed by atoms with Gasteiger partial charge in [-0.3, -0.25) is 4.79 Å². The molecule has 21 heavy (non-hydrogen) atoms. The van der Waals surface area contributed by atoms with Crippen LogP contribution in [0.5, 0.6) is 0 Å². The Hall–Kier alpha value is -2.14. The maximum absolute atomic E-state index is 12.0. The summed E-state index contributed by atoms with van der Waals surface area (Å²) in [4.78, 5) is 11.9. The number of sulfone groups is 1. The second-order valence-electron chi connectivity index (χ2n) is 5.00. The standard InChI is InChI=1S/C16H16NO3S/c1-10-8-11(2)15(16(17)18)13(9-10)12-6-4-5-7-14(12)21(3,19)20/h4-7,9H,1-3H3,(H2,17,18). The summed E-state index contributed by atoms with van der Waals surface area (Å²) >= 11 is 0. The van der Waals surface area contributed by atoms with Crippen LogP contribution in [0.1, 0.15) is 21.5 Å². The summed E-state index contributed by atoms with van der Waals surface area (Å²) in [6.45, 7) is 3.57. The van der Waals surface area contributed by atoms with E-state index in [2.05, 4.69) is 6.07 Å². The van der Waals surface area contributed by atoms with Gasteiger partial charge in [-0.15, -0.1) is 0 Å². The van der Waals surface area contributed by atoms with Crippen molar-refractivity contribution in [3.05, 3.63) is 53.1 Å². The molecule has 2 aromatic carbocycles. The van der Waals surface area contributed by atoms with Gasteiger partial charge in [-0.05, 0) is 48.7 Å². The Balaban J connectivity index is 2.89. The highest BCUT2D eigenvalue weighted by Crippen LogP contribution is 2.32. The molecule has 1 amide bonds. The molecule has 4 nitrogen and oxygen atoms in total. The Bertz CT molecular complexity index is 823. The monoisotopic (exact) mass is 302 g/mol. The molecule has 0 saturated heterocycles. The van der Waals surface area contributed by atoms with E-state index in [0.29, 0.717) is 22.3 Å². The first-order valence-corrected chi connectivity index (χ1v) is 8.23. The zero-order valence-corrected chi connectivity index (χ0v) is 12.9. The first-order valence-electron chi connectivity index (χ1n) is 6.34. The minimum atomic E-state index is -3.41. The fraction of sp³-hybridized carbons (Fsp3) is 0.188. The van der Waals surface area contributed by atoms with Gasteiger partial charge < -0.3 is 5.73 Å². The second-order valence-corrected chi connectivity index (χ2v) is 6.98. The third kappa shape index (κ3) is 2.97. The Morgan fingerprint density at radius 3 is 2.33 bits per heavy atom. The lowest BCUT2D eigenvalue weighted by atomic mass is 9.93. The van der Waals surface area contributed by atoms with Crippen LogP contribution >= 0.6 is 0 Å². The van der Waals surface area contributed by atoms with Gasteiger partial charge in [0.15, 0.2) is 9.84 Å². The van der Waals surface area contributed by atoms with Gasteiger partial charge in [-0.1, -0.05) is 18.2 Å². The van der Waals surface area contributed by atoms with Crippen LogP contribution in [-0.4, -0.2) is 20.6 Å². The first-order chi connectivity index (χ1) is 9.71. The van der Waals surface area contributed by atoms with Crippen molar-refractivity contribution >= 4 is 15.7 Å². The topological polar surface area (TPSA) is 77.2 Å². The molecular formula is C16H16NO3S. The number of hydrogen-bond acceptors (Lipinski definition) is 3. The molecule has 0 heterocycles. The van der Waals surface area contributed by atoms with E-state index in [-0.39, 0.29) is 4.90 Å². The molecule has 0 aliphatic carbocycles. The number of nitrogens with two attached hydrogens (primary N) is 1. The normalized spacial score (nSPS) is 11.4. The summed E-state index contributed by atoms with van der Waals surface area (Å²) in [5.74, 6) is -0.595. The van der Waals surface area contributed by atoms with E-state index in [1.807, 2.05) is 6.92 Å². The molecule has 109 valence electrons. The van der Waals surface area contributed by atoms with Gasteiger partial charge in [-0.2, -0.15) is 0 Å². The number of rotatable bonds is 3. The highest BCUT2D eigenvalue weighted by molar-refractivity contribution is 7.90. The van der Waals surface area contributed by atoms with Gasteiger partial charge >= 0.3 is 0 Å². The largest absolute Gasteiger partial charge is 0.366 e. The molecule has 0 atom stereocenters. The van der Waals surface area contributed by atoms with Crippen LogP contribution in [0.25, 0.3) is 11.1 Å². The maximum atomic E-state index is 12.0. The number of aryl methyl sites for hydroxylation is 2. The number of primary amides is 1. The number of benzene rings is 2. The predicted molar refractivity (Wildman–Crippen MR) is 81.8 cm³/mol. The second kappa shape index (κ2) is 5.33. The van der Waals surface area contributed by atoms with Crippen molar-refractivity contribution in [1.29, 1.82) is 0 Å². The fourth-order valence-electron chi connectivity index (χ4n) is 2.43. The quantitative estimate of drug-likeness (QED) is 0.944. The summed E-state index contributed by atoms with van der Waals surface area (Å²) in [5, 5.41) is 0. The first kappa shape index (κ1) is 15.3. The molecule has 2 rings (SSSR count). The van der Waals surface area contributed by atoms with Crippen molar-refractivity contribution in [3.63, 3.8) is 0 Å². The van der Waals surface area contributed by atoms with Crippen molar-refractivity contribution in [1.82, 2.24) is 0 Å². The lowest BCUT2D eigenvalue weighted by Crippen LogP contribution is -2.15. The molecule has 5 heteroatoms. The minimum Gasteiger partial charge on any atom is -0.366 e. The number of carbonyl (C=O) groups is 1. The molecule has 0 fully saturated rings. The zero-order valence-electron chi connectivity index (χ0n) is 12.1. The summed E-state index contributed by atoms with van der Waals surface area (Å²) in [7, 11) is -3.41. The fourth-order valence-corrected chi connectivity index (χ4v) is 3.33. The summed E-state index contributed by atoms with van der Waals surface area (Å²) < 4.78 is 23.9. The Labute approximate surface area is 124 Å². The molecule has 2 N–H and O–H groups in total. The molecule has 0 spiro atoms. The zero-order chi connectivity index (χ0) is 15.8. The van der Waals surface area contributed by atoms with E-state index in [1.165, 1.54) is 6.07 Å². The SMILES string of the molecule is Cc1[c]c(C)c(C(N)=O)c(-c2ccccc2S(C)(=O)=O)c1. The Morgan fingerprint density at radius 1 is 1.14 bits per heavy atom. The molecule has 0 saturated carbocycles. The van der Waals surface area contributed by atoms with Crippen LogP contribution in [-0.2, 0) is 9.84 Å². The van der Waals surface area contributed by atoms with Gasteiger partial charge in [0, 0.05) is 11.8 Å². The van der Waals surface area contributed by atoms with Crippen LogP contribution < -0.4 is 5.73 Å². The maximum Gasteiger partial charge on any atom is 0.249 e. The lowest BCUT2D eigenvalue weighted by Gasteiger charge is -2.14. The van der Waals surface area contributed by atoms with Crippen LogP contribution in [0.15, 0.2) is 35.2 Å². The van der Waals surface area contributed by atoms with Crippen LogP contribution in [0, 0.1) is 19.9 Å². The lowest BCUT2D eigenvalue weighted by molar-refractivity contribution is 0.100. The molecule has 2 aromatic rings. The predicted octanol–water partition coefficient (Wildman–Crippen LogP) is 2.27. The molecule has 0 aliphatic rings. The van der Waals surface area contributed by atoms with E-state index in [4.69, 9.17) is 5.73 Å². The number of hydrogen-bond donors (Lipinski definition) is 1. The van der Waals surface area contributed by atoms with Crippen LogP contribution in [0.4, 0.5) is 0 Å². The summed E-state index contributed by atoms with van der Waals surface area (Å²) in [6.07, 6.45) is 1.14. The molecule has 0 bridgehead atoms. The number of carbonyl (C=O) groups excluding carboxylic acids is 1. The van der Waals surface area contributed by atoms with Gasteiger partial charge in [0.1, 0.15) is 0 Å². The average molecular weight is 302 g/mol. The van der Waals surface area contributed by atoms with E-state index in [1.54, 1.807) is 31.2 Å². The van der Waals surface area contributed by atoms with Crippen molar-refractivity contribution < 1.29 is 13.2 Å². The van der Waals surface area contributed by atoms with E-state index in [9.17, 15) is 13.2 Å². The molecule has 0 unspecified atom stereocenters. The molecule has 1 radical (unpaired) electrons. The van der Waals surface area contributed by atoms with Gasteiger partial charge in [0.25, 0.3) is 0 Å². The third-order valence-corrected chi connectivity index (χ3v) is 4.37. The van der Waals surface area contributed by atoms with Crippen LogP contribution in [0.3, 0.4) is 0 Å². The van der Waals surface area contributed by atoms with Crippen LogP contribution in [0.2, 0.25) is 0 Å². The highest BCUT2D eigenvalue weighted by Gasteiger charge is 2.20. The van der Waals surface area contributed by atoms with Crippen molar-refractivity contribution in [3.8, 4) is 11.1 Å². The van der Waals surface area contributed by atoms with Gasteiger partial charge in [-0.25, -0.2) is 8.42 Å².